The average molecular weight is 418 g/mol. The van der Waals surface area contributed by atoms with Crippen LogP contribution in [0, 0.1) is 0 Å². The Balaban J connectivity index is 1.84. The number of nitrogens with zero attached hydrogens (tertiary/aromatic N) is 3. The molecule has 0 aliphatic heterocycles. The van der Waals surface area contributed by atoms with Gasteiger partial charge >= 0.3 is 11.9 Å². The lowest BCUT2D eigenvalue weighted by atomic mass is 10.1. The number of oxime groups is 1. The minimum absolute atomic E-state index is 0.0592. The van der Waals surface area contributed by atoms with E-state index in [4.69, 9.17) is 4.84 Å². The van der Waals surface area contributed by atoms with E-state index in [1.165, 1.54) is 26.0 Å². The Kier molecular flexibility index (Phi) is 5.86. The van der Waals surface area contributed by atoms with E-state index >= 15 is 0 Å². The van der Waals surface area contributed by atoms with E-state index in [2.05, 4.69) is 15.4 Å². The van der Waals surface area contributed by atoms with E-state index < -0.39 is 23.2 Å². The van der Waals surface area contributed by atoms with Gasteiger partial charge in [-0.2, -0.15) is 13.2 Å². The Labute approximate surface area is 168 Å². The van der Waals surface area contributed by atoms with E-state index in [-0.39, 0.29) is 23.7 Å². The number of rotatable bonds is 6. The number of aromatic nitrogens is 3. The third kappa shape index (κ3) is 4.48. The molecule has 0 atom stereocenters. The van der Waals surface area contributed by atoms with E-state index in [1.807, 2.05) is 0 Å². The fourth-order valence-corrected chi connectivity index (χ4v) is 2.78. The molecule has 30 heavy (non-hydrogen) atoms. The lowest BCUT2D eigenvalue weighted by Gasteiger charge is -2.11. The lowest BCUT2D eigenvalue weighted by Crippen LogP contribution is -2.20. The molecule has 156 valence electrons. The van der Waals surface area contributed by atoms with Crippen molar-refractivity contribution in [2.24, 2.45) is 5.16 Å². The van der Waals surface area contributed by atoms with Gasteiger partial charge in [0.1, 0.15) is 6.61 Å². The van der Waals surface area contributed by atoms with Crippen LogP contribution in [0.2, 0.25) is 0 Å². The van der Waals surface area contributed by atoms with Crippen molar-refractivity contribution in [2.75, 3.05) is 0 Å². The molecule has 0 bridgehead atoms. The first-order valence-corrected chi connectivity index (χ1v) is 8.79. The molecule has 2 aromatic carbocycles. The largest absolute Gasteiger partial charge is 0.416 e. The molecule has 0 spiro atoms. The standard InChI is InChI=1S/C20H17F3N4O3/c1-12(14-7-5-8-16(10-14)20(21,22)23)26-30-11-15-6-3-4-9-17(15)27-18(13(2)28)24-25-19(27)29/h3-10H,11H2,1-2H3,(H,25,29)/b26-12+. The maximum absolute atomic E-state index is 12.9. The van der Waals surface area contributed by atoms with E-state index in [9.17, 15) is 22.8 Å². The molecule has 0 aliphatic rings. The van der Waals surface area contributed by atoms with Gasteiger partial charge < -0.3 is 4.84 Å². The second-order valence-corrected chi connectivity index (χ2v) is 6.40. The SMILES string of the molecule is CC(=O)c1n[nH]c(=O)n1-c1ccccc1CO/N=C(\C)c1cccc(C(F)(F)F)c1. The van der Waals surface area contributed by atoms with Gasteiger partial charge in [-0.15, -0.1) is 5.10 Å². The Bertz CT molecular complexity index is 1160. The van der Waals surface area contributed by atoms with Crippen LogP contribution in [-0.4, -0.2) is 26.3 Å². The van der Waals surface area contributed by atoms with Gasteiger partial charge in [-0.05, 0) is 30.7 Å². The number of nitrogens with one attached hydrogen (secondary N) is 1. The van der Waals surface area contributed by atoms with E-state index in [0.29, 0.717) is 11.3 Å². The molecule has 0 radical (unpaired) electrons. The summed E-state index contributed by atoms with van der Waals surface area (Å²) in [6.07, 6.45) is -4.46. The van der Waals surface area contributed by atoms with E-state index in [1.54, 1.807) is 24.3 Å². The molecule has 0 saturated heterocycles. The number of carbonyl (C=O) groups is 1. The summed E-state index contributed by atoms with van der Waals surface area (Å²) >= 11 is 0. The molecule has 0 saturated carbocycles. The molecule has 0 aliphatic carbocycles. The first-order valence-electron chi connectivity index (χ1n) is 8.79. The minimum Gasteiger partial charge on any atom is -0.391 e. The van der Waals surface area contributed by atoms with Gasteiger partial charge in [-0.1, -0.05) is 35.5 Å². The van der Waals surface area contributed by atoms with Crippen LogP contribution in [0.25, 0.3) is 5.69 Å². The van der Waals surface area contributed by atoms with Gasteiger partial charge in [0.05, 0.1) is 17.0 Å². The lowest BCUT2D eigenvalue weighted by molar-refractivity contribution is -0.137. The van der Waals surface area contributed by atoms with Gasteiger partial charge in [0.2, 0.25) is 5.82 Å². The zero-order valence-corrected chi connectivity index (χ0v) is 16.0. The topological polar surface area (TPSA) is 89.3 Å². The maximum Gasteiger partial charge on any atom is 0.416 e. The summed E-state index contributed by atoms with van der Waals surface area (Å²) in [6, 6.07) is 11.4. The number of para-hydroxylation sites is 1. The summed E-state index contributed by atoms with van der Waals surface area (Å²) in [5, 5.41) is 9.85. The van der Waals surface area contributed by atoms with Gasteiger partial charge in [0.15, 0.2) is 5.78 Å². The Hall–Kier alpha value is -3.69. The highest BCUT2D eigenvalue weighted by Gasteiger charge is 2.30. The van der Waals surface area contributed by atoms with Crippen LogP contribution in [0.3, 0.4) is 0 Å². The number of carbonyl (C=O) groups excluding carboxylic acids is 1. The van der Waals surface area contributed by atoms with Gasteiger partial charge in [0.25, 0.3) is 0 Å². The molecule has 1 aromatic heterocycles. The molecule has 10 heteroatoms. The molecule has 0 unspecified atom stereocenters. The zero-order chi connectivity index (χ0) is 21.9. The van der Waals surface area contributed by atoms with Crippen LogP contribution in [0.5, 0.6) is 0 Å². The number of ketones is 1. The normalized spacial score (nSPS) is 12.1. The quantitative estimate of drug-likeness (QED) is 0.375. The van der Waals surface area contributed by atoms with Crippen molar-refractivity contribution < 1.29 is 22.8 Å². The maximum atomic E-state index is 12.9. The monoisotopic (exact) mass is 418 g/mol. The van der Waals surface area contributed by atoms with Crippen molar-refractivity contribution in [1.82, 2.24) is 14.8 Å². The van der Waals surface area contributed by atoms with E-state index in [0.717, 1.165) is 16.7 Å². The summed E-state index contributed by atoms with van der Waals surface area (Å²) in [6.45, 7) is 2.73. The van der Waals surface area contributed by atoms with Crippen molar-refractivity contribution in [3.05, 3.63) is 81.5 Å². The molecule has 3 rings (SSSR count). The zero-order valence-electron chi connectivity index (χ0n) is 16.0. The first-order chi connectivity index (χ1) is 14.2. The molecular weight excluding hydrogens is 401 g/mol. The first kappa shape index (κ1) is 21.0. The second kappa shape index (κ2) is 8.36. The van der Waals surface area contributed by atoms with Crippen molar-refractivity contribution in [1.29, 1.82) is 0 Å². The number of aromatic amines is 1. The third-order valence-corrected chi connectivity index (χ3v) is 4.25. The summed E-state index contributed by atoms with van der Waals surface area (Å²) in [7, 11) is 0. The number of benzene rings is 2. The molecule has 0 fully saturated rings. The summed E-state index contributed by atoms with van der Waals surface area (Å²) in [5.41, 5.74) is 0.0660. The minimum atomic E-state index is -4.46. The number of Topliss-reactive ketones (excluding diaryl/α,β-unsaturated/α-hetero) is 1. The van der Waals surface area contributed by atoms with Crippen LogP contribution in [-0.2, 0) is 17.6 Å². The molecule has 1 heterocycles. The van der Waals surface area contributed by atoms with Crippen LogP contribution in [0.1, 0.15) is 41.2 Å². The van der Waals surface area contributed by atoms with Crippen molar-refractivity contribution in [3.63, 3.8) is 0 Å². The fraction of sp³-hybridized carbons (Fsp3) is 0.200. The summed E-state index contributed by atoms with van der Waals surface area (Å²) in [5.74, 6) is -0.460. The van der Waals surface area contributed by atoms with Gasteiger partial charge in [-0.3, -0.25) is 4.79 Å². The fourth-order valence-electron chi connectivity index (χ4n) is 2.78. The predicted octanol–water partition coefficient (Wildman–Crippen LogP) is 3.72. The Morgan fingerprint density at radius 2 is 1.90 bits per heavy atom. The van der Waals surface area contributed by atoms with Crippen molar-refractivity contribution in [2.45, 2.75) is 26.6 Å². The Morgan fingerprint density at radius 1 is 1.17 bits per heavy atom. The molecule has 0 amide bonds. The summed E-state index contributed by atoms with van der Waals surface area (Å²) < 4.78 is 39.8. The number of H-pyrrole nitrogens is 1. The molecule has 1 N–H and O–H groups in total. The van der Waals surface area contributed by atoms with Crippen LogP contribution in [0.15, 0.2) is 58.5 Å². The Morgan fingerprint density at radius 3 is 2.60 bits per heavy atom. The highest BCUT2D eigenvalue weighted by Crippen LogP contribution is 2.29. The third-order valence-electron chi connectivity index (χ3n) is 4.25. The van der Waals surface area contributed by atoms with Crippen molar-refractivity contribution >= 4 is 11.5 Å². The highest BCUT2D eigenvalue weighted by molar-refractivity contribution is 5.98. The van der Waals surface area contributed by atoms with Crippen LogP contribution < -0.4 is 5.69 Å². The van der Waals surface area contributed by atoms with Gasteiger partial charge in [-0.25, -0.2) is 14.5 Å². The van der Waals surface area contributed by atoms with Crippen LogP contribution in [0.4, 0.5) is 13.2 Å². The van der Waals surface area contributed by atoms with Crippen molar-refractivity contribution in [3.8, 4) is 5.69 Å². The number of alkyl halides is 3. The number of halogens is 3. The highest BCUT2D eigenvalue weighted by atomic mass is 19.4. The molecule has 3 aromatic rings. The average Bonchev–Trinajstić information content (AvgIpc) is 3.09. The van der Waals surface area contributed by atoms with Gasteiger partial charge in [0, 0.05) is 12.5 Å². The number of hydrogen-bond donors (Lipinski definition) is 1. The predicted molar refractivity (Wildman–Crippen MR) is 103 cm³/mol. The molecular formula is C20H17F3N4O3. The second-order valence-electron chi connectivity index (χ2n) is 6.40. The summed E-state index contributed by atoms with van der Waals surface area (Å²) in [4.78, 5) is 29.2. The smallest absolute Gasteiger partial charge is 0.391 e. The molecule has 7 nitrogen and oxygen atoms in total. The van der Waals surface area contributed by atoms with Crippen LogP contribution >= 0.6 is 0 Å². The number of hydrogen-bond acceptors (Lipinski definition) is 5.